The van der Waals surface area contributed by atoms with Crippen LogP contribution in [0.4, 0.5) is 0 Å². The van der Waals surface area contributed by atoms with Crippen molar-refractivity contribution in [2.24, 2.45) is 0 Å². The molecule has 0 aliphatic heterocycles. The smallest absolute Gasteiger partial charge is 0.223 e. The van der Waals surface area contributed by atoms with E-state index in [0.29, 0.717) is 5.82 Å². The van der Waals surface area contributed by atoms with E-state index in [1.807, 2.05) is 12.3 Å². The van der Waals surface area contributed by atoms with Crippen molar-refractivity contribution >= 4 is 17.7 Å². The van der Waals surface area contributed by atoms with E-state index in [1.165, 1.54) is 5.56 Å². The van der Waals surface area contributed by atoms with E-state index in [4.69, 9.17) is 11.6 Å². The molecule has 2 aliphatic rings. The predicted octanol–water partition coefficient (Wildman–Crippen LogP) is 2.65. The third-order valence-corrected chi connectivity index (χ3v) is 3.80. The van der Waals surface area contributed by atoms with E-state index >= 15 is 0 Å². The van der Waals surface area contributed by atoms with Crippen LogP contribution in [0.3, 0.4) is 0 Å². The first-order chi connectivity index (χ1) is 9.31. The normalized spacial score (nSPS) is 15.6. The molecule has 2 aliphatic carbocycles. The molecule has 4 rings (SSSR count). The number of halogens is 1. The molecule has 0 spiro atoms. The first-order valence-corrected chi connectivity index (χ1v) is 6.77. The lowest BCUT2D eigenvalue weighted by Crippen LogP contribution is -2.02. The zero-order valence-electron chi connectivity index (χ0n) is 10.2. The molecule has 4 nitrogen and oxygen atoms in total. The van der Waals surface area contributed by atoms with Crippen LogP contribution in [0.25, 0.3) is 17.6 Å². The van der Waals surface area contributed by atoms with Gasteiger partial charge in [0.1, 0.15) is 5.69 Å². The third kappa shape index (κ3) is 1.75. The largest absolute Gasteiger partial charge is 0.235 e. The molecule has 0 fully saturated rings. The summed E-state index contributed by atoms with van der Waals surface area (Å²) in [5.74, 6) is 0.660. The van der Waals surface area contributed by atoms with E-state index in [0.717, 1.165) is 48.3 Å². The number of aromatic nitrogens is 4. The predicted molar refractivity (Wildman–Crippen MR) is 72.8 cm³/mol. The van der Waals surface area contributed by atoms with Crippen LogP contribution < -0.4 is 0 Å². The van der Waals surface area contributed by atoms with Gasteiger partial charge in [-0.1, -0.05) is 6.08 Å². The van der Waals surface area contributed by atoms with E-state index in [-0.39, 0.29) is 5.28 Å². The Morgan fingerprint density at radius 3 is 3.00 bits per heavy atom. The van der Waals surface area contributed by atoms with Crippen LogP contribution in [0.15, 0.2) is 12.3 Å². The summed E-state index contributed by atoms with van der Waals surface area (Å²) in [5, 5.41) is 0.287. The number of hydrogen-bond acceptors (Lipinski definition) is 4. The van der Waals surface area contributed by atoms with Gasteiger partial charge in [-0.05, 0) is 48.9 Å². The number of nitrogens with zero attached hydrogens (tertiary/aromatic N) is 4. The van der Waals surface area contributed by atoms with Gasteiger partial charge in [-0.15, -0.1) is 0 Å². The summed E-state index contributed by atoms with van der Waals surface area (Å²) < 4.78 is 0. The van der Waals surface area contributed by atoms with Gasteiger partial charge < -0.3 is 0 Å². The fourth-order valence-corrected chi connectivity index (χ4v) is 2.91. The summed E-state index contributed by atoms with van der Waals surface area (Å²) in [6.45, 7) is 0. The monoisotopic (exact) mass is 270 g/mol. The van der Waals surface area contributed by atoms with Gasteiger partial charge in [-0.2, -0.15) is 0 Å². The second-order valence-corrected chi connectivity index (χ2v) is 5.17. The maximum absolute atomic E-state index is 6.00. The Morgan fingerprint density at radius 2 is 2.05 bits per heavy atom. The topological polar surface area (TPSA) is 51.6 Å². The molecular formula is C14H11ClN4. The minimum absolute atomic E-state index is 0.287. The SMILES string of the molecule is Clc1nc2c(c(-c3ncc4c(n3)C=CC4)n1)CCC2. The zero-order chi connectivity index (χ0) is 12.8. The summed E-state index contributed by atoms with van der Waals surface area (Å²) in [6.07, 6.45) is 9.98. The highest BCUT2D eigenvalue weighted by Gasteiger charge is 2.22. The Labute approximate surface area is 115 Å². The lowest BCUT2D eigenvalue weighted by molar-refractivity contribution is 0.899. The first kappa shape index (κ1) is 11.1. The van der Waals surface area contributed by atoms with Crippen LogP contribution in [0.2, 0.25) is 5.28 Å². The maximum Gasteiger partial charge on any atom is 0.223 e. The minimum Gasteiger partial charge on any atom is -0.235 e. The van der Waals surface area contributed by atoms with Crippen molar-refractivity contribution in [3.8, 4) is 11.5 Å². The summed E-state index contributed by atoms with van der Waals surface area (Å²) in [7, 11) is 0. The number of rotatable bonds is 1. The maximum atomic E-state index is 6.00. The second kappa shape index (κ2) is 4.10. The van der Waals surface area contributed by atoms with Crippen molar-refractivity contribution in [3.05, 3.63) is 40.1 Å². The van der Waals surface area contributed by atoms with Gasteiger partial charge in [0.2, 0.25) is 5.28 Å². The van der Waals surface area contributed by atoms with E-state index in [9.17, 15) is 0 Å². The van der Waals surface area contributed by atoms with Gasteiger partial charge in [0.05, 0.1) is 5.69 Å². The fraction of sp³-hybridized carbons (Fsp3) is 0.286. The molecule has 94 valence electrons. The van der Waals surface area contributed by atoms with Gasteiger partial charge in [-0.3, -0.25) is 0 Å². The fourth-order valence-electron chi connectivity index (χ4n) is 2.72. The van der Waals surface area contributed by atoms with Gasteiger partial charge in [-0.25, -0.2) is 19.9 Å². The minimum atomic E-state index is 0.287. The molecule has 2 aromatic heterocycles. The Kier molecular flexibility index (Phi) is 2.38. The lowest BCUT2D eigenvalue weighted by atomic mass is 10.1. The molecule has 0 atom stereocenters. The van der Waals surface area contributed by atoms with Crippen LogP contribution in [-0.4, -0.2) is 19.9 Å². The van der Waals surface area contributed by atoms with Crippen molar-refractivity contribution in [3.63, 3.8) is 0 Å². The third-order valence-electron chi connectivity index (χ3n) is 3.63. The van der Waals surface area contributed by atoms with Crippen molar-refractivity contribution in [2.75, 3.05) is 0 Å². The van der Waals surface area contributed by atoms with Crippen LogP contribution in [0, 0.1) is 0 Å². The molecule has 0 bridgehead atoms. The summed E-state index contributed by atoms with van der Waals surface area (Å²) in [5.41, 5.74) is 5.17. The molecule has 0 aromatic carbocycles. The molecule has 2 heterocycles. The van der Waals surface area contributed by atoms with Gasteiger partial charge in [0.25, 0.3) is 0 Å². The Hall–Kier alpha value is -1.81. The Balaban J connectivity index is 1.91. The molecule has 0 radical (unpaired) electrons. The molecule has 0 N–H and O–H groups in total. The van der Waals surface area contributed by atoms with Crippen molar-refractivity contribution in [2.45, 2.75) is 25.7 Å². The summed E-state index contributed by atoms with van der Waals surface area (Å²) in [4.78, 5) is 17.7. The standard InChI is InChI=1S/C14H11ClN4/c15-14-18-11-6-2-4-9(11)12(19-14)13-16-7-8-3-1-5-10(8)17-13/h1,5,7H,2-4,6H2. The second-order valence-electron chi connectivity index (χ2n) is 4.83. The van der Waals surface area contributed by atoms with Crippen molar-refractivity contribution in [1.82, 2.24) is 19.9 Å². The van der Waals surface area contributed by atoms with Gasteiger partial charge >= 0.3 is 0 Å². The van der Waals surface area contributed by atoms with Crippen LogP contribution >= 0.6 is 11.6 Å². The molecule has 0 saturated carbocycles. The lowest BCUT2D eigenvalue weighted by Gasteiger charge is -2.07. The highest BCUT2D eigenvalue weighted by Crippen LogP contribution is 2.30. The van der Waals surface area contributed by atoms with E-state index in [1.54, 1.807) is 0 Å². The van der Waals surface area contributed by atoms with Crippen LogP contribution in [0.5, 0.6) is 0 Å². The summed E-state index contributed by atoms with van der Waals surface area (Å²) in [6, 6.07) is 0. The molecule has 0 unspecified atom stereocenters. The Morgan fingerprint density at radius 1 is 1.11 bits per heavy atom. The number of aryl methyl sites for hydroxylation is 1. The molecule has 5 heteroatoms. The molecular weight excluding hydrogens is 260 g/mol. The van der Waals surface area contributed by atoms with Crippen molar-refractivity contribution < 1.29 is 0 Å². The van der Waals surface area contributed by atoms with Crippen molar-refractivity contribution in [1.29, 1.82) is 0 Å². The average Bonchev–Trinajstić information content (AvgIpc) is 3.04. The zero-order valence-corrected chi connectivity index (χ0v) is 11.0. The van der Waals surface area contributed by atoms with Gasteiger partial charge in [0, 0.05) is 17.5 Å². The average molecular weight is 271 g/mol. The number of allylic oxidation sites excluding steroid dienone is 1. The summed E-state index contributed by atoms with van der Waals surface area (Å²) >= 11 is 6.00. The molecule has 0 saturated heterocycles. The molecule has 19 heavy (non-hydrogen) atoms. The number of fused-ring (bicyclic) bond motifs is 2. The van der Waals surface area contributed by atoms with Crippen LogP contribution in [0.1, 0.15) is 28.9 Å². The molecule has 2 aromatic rings. The number of hydrogen-bond donors (Lipinski definition) is 0. The first-order valence-electron chi connectivity index (χ1n) is 6.39. The quantitative estimate of drug-likeness (QED) is 0.748. The molecule has 0 amide bonds. The Bertz CT molecular complexity index is 709. The highest BCUT2D eigenvalue weighted by molar-refractivity contribution is 6.28. The highest BCUT2D eigenvalue weighted by atomic mass is 35.5. The van der Waals surface area contributed by atoms with Gasteiger partial charge in [0.15, 0.2) is 5.82 Å². The van der Waals surface area contributed by atoms with E-state index < -0.39 is 0 Å². The van der Waals surface area contributed by atoms with E-state index in [2.05, 4.69) is 26.0 Å². The van der Waals surface area contributed by atoms with Crippen LogP contribution in [-0.2, 0) is 19.3 Å².